The van der Waals surface area contributed by atoms with Crippen LogP contribution in [0.3, 0.4) is 0 Å². The first kappa shape index (κ1) is 23.7. The lowest BCUT2D eigenvalue weighted by Gasteiger charge is -2.28. The molecule has 2 N–H and O–H groups in total. The minimum absolute atomic E-state index is 0.0330. The lowest BCUT2D eigenvalue weighted by Crippen LogP contribution is -2.31. The molecule has 1 unspecified atom stereocenters. The van der Waals surface area contributed by atoms with Crippen molar-refractivity contribution in [2.45, 2.75) is 13.0 Å². The van der Waals surface area contributed by atoms with E-state index >= 15 is 0 Å². The average molecular weight is 520 g/mol. The molecular formula is C27H21N9O3. The van der Waals surface area contributed by atoms with Gasteiger partial charge in [-0.15, -0.1) is 0 Å². The Morgan fingerprint density at radius 1 is 1.03 bits per heavy atom. The van der Waals surface area contributed by atoms with E-state index in [9.17, 15) is 14.9 Å². The lowest BCUT2D eigenvalue weighted by molar-refractivity contribution is -0.384. The van der Waals surface area contributed by atoms with E-state index in [1.807, 2.05) is 36.5 Å². The SMILES string of the molecule is CC1=C(C(=O)Nc2ccccn2)C(c2cn(-c3ccccc3)nc2-c2ccc([N+](=O)[O-])cc2)n2ncnc2N1. The Balaban J connectivity index is 1.53. The number of nitrogens with one attached hydrogen (secondary N) is 2. The number of rotatable bonds is 6. The zero-order valence-electron chi connectivity index (χ0n) is 20.6. The van der Waals surface area contributed by atoms with Crippen LogP contribution in [0.5, 0.6) is 0 Å². The predicted octanol–water partition coefficient (Wildman–Crippen LogP) is 4.36. The van der Waals surface area contributed by atoms with Crippen molar-refractivity contribution in [2.24, 2.45) is 0 Å². The van der Waals surface area contributed by atoms with Crippen molar-refractivity contribution < 1.29 is 9.72 Å². The summed E-state index contributed by atoms with van der Waals surface area (Å²) in [7, 11) is 0. The first-order valence-corrected chi connectivity index (χ1v) is 12.0. The summed E-state index contributed by atoms with van der Waals surface area (Å²) in [5, 5.41) is 26.6. The first-order valence-electron chi connectivity index (χ1n) is 12.0. The molecule has 0 spiro atoms. The van der Waals surface area contributed by atoms with E-state index in [-0.39, 0.29) is 11.6 Å². The van der Waals surface area contributed by atoms with Crippen molar-refractivity contribution in [3.63, 3.8) is 0 Å². The topological polar surface area (TPSA) is 146 Å². The van der Waals surface area contributed by atoms with Crippen molar-refractivity contribution in [1.82, 2.24) is 29.5 Å². The highest BCUT2D eigenvalue weighted by molar-refractivity contribution is 6.05. The minimum atomic E-state index is -0.713. The molecule has 1 amide bonds. The van der Waals surface area contributed by atoms with Gasteiger partial charge in [-0.25, -0.2) is 14.3 Å². The molecule has 1 atom stereocenters. The van der Waals surface area contributed by atoms with E-state index in [1.165, 1.54) is 18.5 Å². The van der Waals surface area contributed by atoms with Crippen molar-refractivity contribution in [3.05, 3.63) is 118 Å². The maximum Gasteiger partial charge on any atom is 0.269 e. The van der Waals surface area contributed by atoms with Crippen LogP contribution in [-0.4, -0.2) is 40.4 Å². The first-order chi connectivity index (χ1) is 19.0. The third-order valence-electron chi connectivity index (χ3n) is 6.35. The summed E-state index contributed by atoms with van der Waals surface area (Å²) < 4.78 is 3.34. The van der Waals surface area contributed by atoms with Gasteiger partial charge in [0.15, 0.2) is 0 Å². The number of pyridine rings is 1. The number of benzene rings is 2. The van der Waals surface area contributed by atoms with Gasteiger partial charge in [-0.1, -0.05) is 24.3 Å². The number of non-ortho nitro benzene ring substituents is 1. The van der Waals surface area contributed by atoms with Gasteiger partial charge in [0.05, 0.1) is 21.9 Å². The molecule has 2 aromatic carbocycles. The number of fused-ring (bicyclic) bond motifs is 1. The fraction of sp³-hybridized carbons (Fsp3) is 0.0741. The summed E-state index contributed by atoms with van der Waals surface area (Å²) in [6.45, 7) is 1.80. The number of nitro benzene ring substituents is 1. The van der Waals surface area contributed by atoms with Gasteiger partial charge in [0.1, 0.15) is 18.2 Å². The zero-order valence-corrected chi connectivity index (χ0v) is 20.6. The Bertz CT molecular complexity index is 1710. The van der Waals surface area contributed by atoms with Crippen LogP contribution in [0.1, 0.15) is 18.5 Å². The van der Waals surface area contributed by atoms with Gasteiger partial charge >= 0.3 is 0 Å². The van der Waals surface area contributed by atoms with Crippen LogP contribution < -0.4 is 10.6 Å². The van der Waals surface area contributed by atoms with Crippen molar-refractivity contribution in [1.29, 1.82) is 0 Å². The zero-order chi connectivity index (χ0) is 26.9. The normalized spacial score (nSPS) is 14.4. The summed E-state index contributed by atoms with van der Waals surface area (Å²) in [6.07, 6.45) is 4.85. The number of hydrogen-bond donors (Lipinski definition) is 2. The average Bonchev–Trinajstić information content (AvgIpc) is 3.61. The molecule has 0 radical (unpaired) electrons. The number of allylic oxidation sites excluding steroid dienone is 1. The third-order valence-corrected chi connectivity index (χ3v) is 6.35. The molecule has 0 aliphatic carbocycles. The molecule has 12 nitrogen and oxygen atoms in total. The number of nitro groups is 1. The van der Waals surface area contributed by atoms with E-state index in [1.54, 1.807) is 52.8 Å². The van der Waals surface area contributed by atoms with Gasteiger partial charge in [0, 0.05) is 41.4 Å². The molecule has 5 aromatic rings. The Morgan fingerprint density at radius 2 is 1.79 bits per heavy atom. The number of hydrogen-bond acceptors (Lipinski definition) is 8. The number of para-hydroxylation sites is 1. The van der Waals surface area contributed by atoms with Crippen LogP contribution in [-0.2, 0) is 4.79 Å². The van der Waals surface area contributed by atoms with Gasteiger partial charge in [0.2, 0.25) is 5.95 Å². The van der Waals surface area contributed by atoms with Gasteiger partial charge in [0.25, 0.3) is 11.6 Å². The number of carbonyl (C=O) groups excluding carboxylic acids is 1. The van der Waals surface area contributed by atoms with Gasteiger partial charge < -0.3 is 10.6 Å². The monoisotopic (exact) mass is 519 g/mol. The van der Waals surface area contributed by atoms with Gasteiger partial charge in [-0.3, -0.25) is 14.9 Å². The molecule has 3 aromatic heterocycles. The minimum Gasteiger partial charge on any atom is -0.328 e. The summed E-state index contributed by atoms with van der Waals surface area (Å²) >= 11 is 0. The van der Waals surface area contributed by atoms with E-state index < -0.39 is 11.0 Å². The molecule has 0 saturated carbocycles. The number of nitrogens with zero attached hydrogens (tertiary/aromatic N) is 7. The van der Waals surface area contributed by atoms with Crippen LogP contribution in [0.4, 0.5) is 17.5 Å². The summed E-state index contributed by atoms with van der Waals surface area (Å²) in [5.74, 6) is 0.502. The second-order valence-electron chi connectivity index (χ2n) is 8.78. The molecule has 6 rings (SSSR count). The van der Waals surface area contributed by atoms with Crippen molar-refractivity contribution in [3.8, 4) is 16.9 Å². The fourth-order valence-corrected chi connectivity index (χ4v) is 4.56. The van der Waals surface area contributed by atoms with Crippen molar-refractivity contribution in [2.75, 3.05) is 10.6 Å². The van der Waals surface area contributed by atoms with E-state index in [0.717, 1.165) is 5.69 Å². The highest BCUT2D eigenvalue weighted by Gasteiger charge is 2.36. The largest absolute Gasteiger partial charge is 0.328 e. The second kappa shape index (κ2) is 9.67. The molecule has 12 heteroatoms. The number of amides is 1. The Kier molecular flexibility index (Phi) is 5.88. The highest BCUT2D eigenvalue weighted by atomic mass is 16.6. The van der Waals surface area contributed by atoms with Crippen LogP contribution in [0.25, 0.3) is 16.9 Å². The molecule has 1 aliphatic heterocycles. The lowest BCUT2D eigenvalue weighted by atomic mass is 9.93. The van der Waals surface area contributed by atoms with Crippen LogP contribution in [0.15, 0.2) is 103 Å². The molecule has 0 bridgehead atoms. The molecular weight excluding hydrogens is 498 g/mol. The molecule has 1 aliphatic rings. The van der Waals surface area contributed by atoms with Crippen LogP contribution in [0, 0.1) is 10.1 Å². The quantitative estimate of drug-likeness (QED) is 0.249. The third kappa shape index (κ3) is 4.39. The number of carbonyl (C=O) groups is 1. The fourth-order valence-electron chi connectivity index (χ4n) is 4.56. The summed E-state index contributed by atoms with van der Waals surface area (Å²) in [5.41, 5.74) is 3.61. The van der Waals surface area contributed by atoms with Crippen molar-refractivity contribution >= 4 is 23.4 Å². The van der Waals surface area contributed by atoms with E-state index in [2.05, 4.69) is 25.7 Å². The van der Waals surface area contributed by atoms with Gasteiger partial charge in [-0.05, 0) is 43.3 Å². The summed E-state index contributed by atoms with van der Waals surface area (Å²) in [4.78, 5) is 33.1. The molecule has 39 heavy (non-hydrogen) atoms. The second-order valence-corrected chi connectivity index (χ2v) is 8.78. The summed E-state index contributed by atoms with van der Waals surface area (Å²) in [6, 6.07) is 20.2. The maximum atomic E-state index is 13.7. The maximum absolute atomic E-state index is 13.7. The standard InChI is InChI=1S/C27H21N9O3/c1-17-23(26(37)32-22-9-5-6-14-28-22)25(35-27(31-17)29-16-30-35)21-15-34(19-7-3-2-4-8-19)33-24(21)18-10-12-20(13-11-18)36(38)39/h2-16,25H,1H3,(H,28,32,37)(H,29,30,31). The molecule has 4 heterocycles. The van der Waals surface area contributed by atoms with E-state index in [0.29, 0.717) is 39.9 Å². The smallest absolute Gasteiger partial charge is 0.269 e. The number of aromatic nitrogens is 6. The van der Waals surface area contributed by atoms with Crippen LogP contribution in [0.2, 0.25) is 0 Å². The Hall–Kier alpha value is -5.65. The van der Waals surface area contributed by atoms with E-state index in [4.69, 9.17) is 5.10 Å². The number of anilines is 2. The molecule has 0 saturated heterocycles. The Labute approximate surface area is 221 Å². The van der Waals surface area contributed by atoms with Gasteiger partial charge in [-0.2, -0.15) is 15.2 Å². The molecule has 192 valence electrons. The Morgan fingerprint density at radius 3 is 2.51 bits per heavy atom. The predicted molar refractivity (Wildman–Crippen MR) is 143 cm³/mol. The molecule has 0 fully saturated rings. The van der Waals surface area contributed by atoms with Crippen LogP contribution >= 0.6 is 0 Å². The highest BCUT2D eigenvalue weighted by Crippen LogP contribution is 2.40.